The summed E-state index contributed by atoms with van der Waals surface area (Å²) < 4.78 is 36.5. The van der Waals surface area contributed by atoms with Gasteiger partial charge < -0.3 is 15.1 Å². The number of aliphatic imine (C=N–C) groups is 1. The zero-order chi connectivity index (χ0) is 15.9. The Morgan fingerprint density at radius 2 is 1.95 bits per heavy atom. The maximum atomic E-state index is 12.2. The molecule has 22 heavy (non-hydrogen) atoms. The van der Waals surface area contributed by atoms with Crippen LogP contribution in [0.3, 0.4) is 0 Å². The molecule has 1 rings (SSSR count). The number of nitrogens with one attached hydrogen (secondary N) is 1. The molecule has 0 aromatic carbocycles. The average Bonchev–Trinajstić information content (AvgIpc) is 2.88. The first kappa shape index (κ1) is 21.8. The van der Waals surface area contributed by atoms with Gasteiger partial charge in [0, 0.05) is 33.2 Å². The molecule has 0 saturated carbocycles. The summed E-state index contributed by atoms with van der Waals surface area (Å²) in [7, 11) is 1.62. The molecular weight excluding hydrogens is 408 g/mol. The molecule has 0 aromatic heterocycles. The number of alkyl halides is 3. The summed E-state index contributed by atoms with van der Waals surface area (Å²) >= 11 is 0. The first-order valence-corrected chi connectivity index (χ1v) is 7.64. The highest BCUT2D eigenvalue weighted by Gasteiger charge is 2.28. The molecule has 0 aliphatic carbocycles. The number of likely N-dealkylation sites (tertiary alicyclic amines) is 1. The van der Waals surface area contributed by atoms with Crippen LogP contribution in [0.15, 0.2) is 4.99 Å². The molecule has 1 N–H and O–H groups in total. The Kier molecular flexibility index (Phi) is 10.4. The molecule has 8 heteroatoms. The van der Waals surface area contributed by atoms with Crippen molar-refractivity contribution in [3.05, 3.63) is 0 Å². The molecule has 1 fully saturated rings. The second kappa shape index (κ2) is 10.5. The lowest BCUT2D eigenvalue weighted by atomic mass is 10.1. The Morgan fingerprint density at radius 3 is 2.45 bits per heavy atom. The lowest BCUT2D eigenvalue weighted by Gasteiger charge is -2.24. The molecule has 1 aliphatic heterocycles. The largest absolute Gasteiger partial charge is 0.390 e. The molecule has 1 saturated heterocycles. The molecule has 1 atom stereocenters. The highest BCUT2D eigenvalue weighted by molar-refractivity contribution is 14.0. The van der Waals surface area contributed by atoms with Gasteiger partial charge >= 0.3 is 6.18 Å². The molecule has 1 unspecified atom stereocenters. The van der Waals surface area contributed by atoms with E-state index in [1.54, 1.807) is 7.05 Å². The predicted octanol–water partition coefficient (Wildman–Crippen LogP) is 2.80. The molecule has 1 heterocycles. The smallest absolute Gasteiger partial charge is 0.356 e. The Morgan fingerprint density at radius 1 is 1.32 bits per heavy atom. The third-order valence-corrected chi connectivity index (χ3v) is 3.90. The van der Waals surface area contributed by atoms with Crippen LogP contribution in [-0.4, -0.2) is 68.3 Å². The fourth-order valence-electron chi connectivity index (χ4n) is 2.67. The van der Waals surface area contributed by atoms with E-state index in [1.807, 2.05) is 0 Å². The van der Waals surface area contributed by atoms with Gasteiger partial charge in [-0.05, 0) is 25.4 Å². The maximum absolute atomic E-state index is 12.2. The minimum absolute atomic E-state index is 0. The van der Waals surface area contributed by atoms with Crippen molar-refractivity contribution >= 4 is 29.9 Å². The highest BCUT2D eigenvalue weighted by Crippen LogP contribution is 2.19. The van der Waals surface area contributed by atoms with Crippen LogP contribution in [0, 0.1) is 5.92 Å². The SMILES string of the molecule is CCN(CC)CC1CCN(C(=NC)NCCC(F)(F)F)C1.I. The molecule has 4 nitrogen and oxygen atoms in total. The van der Waals surface area contributed by atoms with Gasteiger partial charge in [-0.3, -0.25) is 4.99 Å². The van der Waals surface area contributed by atoms with Crippen molar-refractivity contribution in [3.63, 3.8) is 0 Å². The van der Waals surface area contributed by atoms with E-state index in [0.717, 1.165) is 39.1 Å². The Hall–Kier alpha value is -0.250. The van der Waals surface area contributed by atoms with Gasteiger partial charge in [0.15, 0.2) is 5.96 Å². The van der Waals surface area contributed by atoms with Crippen LogP contribution in [0.5, 0.6) is 0 Å². The lowest BCUT2D eigenvalue weighted by molar-refractivity contribution is -0.132. The topological polar surface area (TPSA) is 30.9 Å². The van der Waals surface area contributed by atoms with Crippen LogP contribution >= 0.6 is 24.0 Å². The standard InChI is InChI=1S/C14H27F3N4.HI/c1-4-20(5-2)10-12-6-9-21(11-12)13(18-3)19-8-7-14(15,16)17;/h12H,4-11H2,1-3H3,(H,18,19);1H. The van der Waals surface area contributed by atoms with Crippen molar-refractivity contribution in [2.75, 3.05) is 46.3 Å². The highest BCUT2D eigenvalue weighted by atomic mass is 127. The minimum atomic E-state index is -4.12. The third-order valence-electron chi connectivity index (χ3n) is 3.90. The van der Waals surface area contributed by atoms with E-state index >= 15 is 0 Å². The molecule has 1 aliphatic rings. The first-order chi connectivity index (χ1) is 9.89. The number of hydrogen-bond acceptors (Lipinski definition) is 2. The van der Waals surface area contributed by atoms with E-state index in [0.29, 0.717) is 11.9 Å². The van der Waals surface area contributed by atoms with Crippen LogP contribution in [0.4, 0.5) is 13.2 Å². The molecule has 132 valence electrons. The monoisotopic (exact) mass is 436 g/mol. The summed E-state index contributed by atoms with van der Waals surface area (Å²) in [6.07, 6.45) is -3.89. The van der Waals surface area contributed by atoms with Crippen LogP contribution in [-0.2, 0) is 0 Å². The number of halogens is 4. The van der Waals surface area contributed by atoms with Gasteiger partial charge in [0.2, 0.25) is 0 Å². The van der Waals surface area contributed by atoms with Gasteiger partial charge in [0.25, 0.3) is 0 Å². The van der Waals surface area contributed by atoms with E-state index < -0.39 is 12.6 Å². The number of nitrogens with zero attached hydrogens (tertiary/aromatic N) is 3. The summed E-state index contributed by atoms with van der Waals surface area (Å²) in [5.41, 5.74) is 0. The summed E-state index contributed by atoms with van der Waals surface area (Å²) in [6.45, 7) is 9.01. The summed E-state index contributed by atoms with van der Waals surface area (Å²) in [5.74, 6) is 1.15. The van der Waals surface area contributed by atoms with Gasteiger partial charge in [0.05, 0.1) is 6.42 Å². The zero-order valence-electron chi connectivity index (χ0n) is 13.6. The fraction of sp³-hybridized carbons (Fsp3) is 0.929. The normalized spacial score (nSPS) is 19.5. The van der Waals surface area contributed by atoms with Crippen molar-refractivity contribution in [1.29, 1.82) is 0 Å². The second-order valence-corrected chi connectivity index (χ2v) is 5.43. The molecule has 0 bridgehead atoms. The van der Waals surface area contributed by atoms with Crippen molar-refractivity contribution in [2.45, 2.75) is 32.9 Å². The van der Waals surface area contributed by atoms with Crippen molar-refractivity contribution in [1.82, 2.24) is 15.1 Å². The molecule has 0 amide bonds. The average molecular weight is 436 g/mol. The molecule has 0 radical (unpaired) electrons. The zero-order valence-corrected chi connectivity index (χ0v) is 15.9. The Labute approximate surface area is 148 Å². The van der Waals surface area contributed by atoms with Gasteiger partial charge in [0.1, 0.15) is 0 Å². The summed E-state index contributed by atoms with van der Waals surface area (Å²) in [5, 5.41) is 2.81. The van der Waals surface area contributed by atoms with Crippen LogP contribution in [0.1, 0.15) is 26.7 Å². The Bertz CT molecular complexity index is 333. The van der Waals surface area contributed by atoms with Gasteiger partial charge in [-0.2, -0.15) is 13.2 Å². The molecular formula is C14H28F3IN4. The second-order valence-electron chi connectivity index (χ2n) is 5.43. The fourth-order valence-corrected chi connectivity index (χ4v) is 2.67. The maximum Gasteiger partial charge on any atom is 0.390 e. The van der Waals surface area contributed by atoms with Crippen LogP contribution in [0.25, 0.3) is 0 Å². The van der Waals surface area contributed by atoms with E-state index in [2.05, 4.69) is 34.0 Å². The van der Waals surface area contributed by atoms with E-state index in [-0.39, 0.29) is 30.5 Å². The lowest BCUT2D eigenvalue weighted by Crippen LogP contribution is -2.42. The van der Waals surface area contributed by atoms with Crippen LogP contribution in [0.2, 0.25) is 0 Å². The number of hydrogen-bond donors (Lipinski definition) is 1. The van der Waals surface area contributed by atoms with Crippen LogP contribution < -0.4 is 5.32 Å². The van der Waals surface area contributed by atoms with E-state index in [9.17, 15) is 13.2 Å². The summed E-state index contributed by atoms with van der Waals surface area (Å²) in [6, 6.07) is 0. The Balaban J connectivity index is 0.00000441. The van der Waals surface area contributed by atoms with Crippen molar-refractivity contribution in [3.8, 4) is 0 Å². The van der Waals surface area contributed by atoms with Gasteiger partial charge in [-0.25, -0.2) is 0 Å². The van der Waals surface area contributed by atoms with Gasteiger partial charge in [-0.1, -0.05) is 13.8 Å². The van der Waals surface area contributed by atoms with E-state index in [1.165, 1.54) is 0 Å². The van der Waals surface area contributed by atoms with Crippen molar-refractivity contribution < 1.29 is 13.2 Å². The minimum Gasteiger partial charge on any atom is -0.356 e. The summed E-state index contributed by atoms with van der Waals surface area (Å²) in [4.78, 5) is 8.54. The molecule has 0 aromatic rings. The number of guanidine groups is 1. The van der Waals surface area contributed by atoms with Crippen molar-refractivity contribution in [2.24, 2.45) is 10.9 Å². The number of rotatable bonds is 6. The van der Waals surface area contributed by atoms with E-state index in [4.69, 9.17) is 0 Å². The predicted molar refractivity (Wildman–Crippen MR) is 94.9 cm³/mol. The molecule has 0 spiro atoms. The quantitative estimate of drug-likeness (QED) is 0.395. The van der Waals surface area contributed by atoms with Gasteiger partial charge in [-0.15, -0.1) is 24.0 Å². The third kappa shape index (κ3) is 7.85. The first-order valence-electron chi connectivity index (χ1n) is 7.64.